The van der Waals surface area contributed by atoms with E-state index in [0.717, 1.165) is 92.6 Å². The van der Waals surface area contributed by atoms with Crippen LogP contribution >= 0.6 is 0 Å². The number of fused-ring (bicyclic) bond motifs is 1. The fraction of sp³-hybridized carbons (Fsp3) is 0.556. The molecule has 2 aliphatic heterocycles. The lowest BCUT2D eigenvalue weighted by molar-refractivity contribution is -0.128. The topological polar surface area (TPSA) is 49.6 Å². The van der Waals surface area contributed by atoms with Crippen LogP contribution in [-0.4, -0.2) is 53.6 Å². The van der Waals surface area contributed by atoms with E-state index in [4.69, 9.17) is 4.52 Å². The average Bonchev–Trinajstić information content (AvgIpc) is 3.22. The van der Waals surface area contributed by atoms with Crippen LogP contribution in [0.5, 0.6) is 0 Å². The van der Waals surface area contributed by atoms with Crippen LogP contribution in [0.15, 0.2) is 46.5 Å². The highest BCUT2D eigenvalue weighted by molar-refractivity contribution is 5.94. The summed E-state index contributed by atoms with van der Waals surface area (Å²) in [6, 6.07) is 6.35. The van der Waals surface area contributed by atoms with E-state index < -0.39 is 0 Å². The predicted octanol–water partition coefficient (Wildman–Crippen LogP) is 5.47. The summed E-state index contributed by atoms with van der Waals surface area (Å²) < 4.78 is 5.60. The third-order valence-corrected chi connectivity index (χ3v) is 7.25. The van der Waals surface area contributed by atoms with E-state index in [2.05, 4.69) is 55.6 Å². The summed E-state index contributed by atoms with van der Waals surface area (Å²) in [5.41, 5.74) is 5.35. The van der Waals surface area contributed by atoms with Gasteiger partial charge in [0, 0.05) is 36.5 Å². The minimum absolute atomic E-state index is 0.232. The summed E-state index contributed by atoms with van der Waals surface area (Å²) in [4.78, 5) is 17.8. The van der Waals surface area contributed by atoms with Gasteiger partial charge in [-0.05, 0) is 89.6 Å². The normalized spacial score (nSPS) is 20.5. The fourth-order valence-electron chi connectivity index (χ4n) is 5.21. The van der Waals surface area contributed by atoms with E-state index in [9.17, 15) is 4.79 Å². The molecule has 172 valence electrons. The number of carbonyl (C=O) groups is 1. The molecule has 5 heteroatoms. The quantitative estimate of drug-likeness (QED) is 0.446. The van der Waals surface area contributed by atoms with Crippen molar-refractivity contribution >= 4 is 16.9 Å². The maximum absolute atomic E-state index is 13.2. The van der Waals surface area contributed by atoms with Gasteiger partial charge in [0.2, 0.25) is 5.91 Å². The molecule has 1 unspecified atom stereocenters. The molecule has 5 nitrogen and oxygen atoms in total. The van der Waals surface area contributed by atoms with Crippen molar-refractivity contribution in [2.24, 2.45) is 5.92 Å². The van der Waals surface area contributed by atoms with Crippen LogP contribution in [0.1, 0.15) is 63.1 Å². The number of hydrogen-bond acceptors (Lipinski definition) is 4. The van der Waals surface area contributed by atoms with Crippen molar-refractivity contribution < 1.29 is 9.32 Å². The van der Waals surface area contributed by atoms with Crippen molar-refractivity contribution in [3.63, 3.8) is 0 Å². The van der Waals surface area contributed by atoms with Gasteiger partial charge in [0.1, 0.15) is 0 Å². The first-order chi connectivity index (χ1) is 15.5. The van der Waals surface area contributed by atoms with Gasteiger partial charge in [-0.25, -0.2) is 0 Å². The SMILES string of the molecule is C=CC1CCCN(C(=O)C(CCN2CCC(c3noc4cc(C)ccc34)CC2)=C(C)C)C1. The zero-order valence-electron chi connectivity index (χ0n) is 19.9. The molecular weight excluding hydrogens is 398 g/mol. The minimum atomic E-state index is 0.232. The Morgan fingerprint density at radius 2 is 2.00 bits per heavy atom. The van der Waals surface area contributed by atoms with Crippen molar-refractivity contribution in [1.29, 1.82) is 0 Å². The molecule has 3 heterocycles. The smallest absolute Gasteiger partial charge is 0.249 e. The van der Waals surface area contributed by atoms with Crippen molar-refractivity contribution in [3.8, 4) is 0 Å². The molecule has 4 rings (SSSR count). The van der Waals surface area contributed by atoms with Crippen LogP contribution in [0.3, 0.4) is 0 Å². The molecule has 1 aromatic heterocycles. The summed E-state index contributed by atoms with van der Waals surface area (Å²) in [7, 11) is 0. The summed E-state index contributed by atoms with van der Waals surface area (Å²) in [6.07, 6.45) is 7.22. The zero-order valence-corrected chi connectivity index (χ0v) is 19.9. The molecule has 1 aromatic carbocycles. The molecule has 0 spiro atoms. The van der Waals surface area contributed by atoms with Gasteiger partial charge in [-0.2, -0.15) is 0 Å². The fourth-order valence-corrected chi connectivity index (χ4v) is 5.21. The number of hydrogen-bond donors (Lipinski definition) is 0. The van der Waals surface area contributed by atoms with Gasteiger partial charge in [-0.15, -0.1) is 6.58 Å². The number of carbonyl (C=O) groups excluding carboxylic acids is 1. The maximum Gasteiger partial charge on any atom is 0.249 e. The van der Waals surface area contributed by atoms with E-state index in [-0.39, 0.29) is 5.91 Å². The molecule has 0 radical (unpaired) electrons. The second kappa shape index (κ2) is 10.0. The molecule has 0 N–H and O–H groups in total. The number of amides is 1. The van der Waals surface area contributed by atoms with Gasteiger partial charge < -0.3 is 14.3 Å². The van der Waals surface area contributed by atoms with Crippen LogP contribution in [0.25, 0.3) is 11.0 Å². The molecule has 2 aliphatic rings. The highest BCUT2D eigenvalue weighted by Crippen LogP contribution is 2.33. The van der Waals surface area contributed by atoms with Crippen LogP contribution in [-0.2, 0) is 4.79 Å². The Morgan fingerprint density at radius 1 is 1.22 bits per heavy atom. The highest BCUT2D eigenvalue weighted by atomic mass is 16.5. The van der Waals surface area contributed by atoms with E-state index >= 15 is 0 Å². The molecule has 2 aromatic rings. The first-order valence-electron chi connectivity index (χ1n) is 12.1. The molecule has 0 bridgehead atoms. The van der Waals surface area contributed by atoms with Crippen LogP contribution in [0.4, 0.5) is 0 Å². The monoisotopic (exact) mass is 435 g/mol. The molecule has 2 fully saturated rings. The first-order valence-corrected chi connectivity index (χ1v) is 12.1. The lowest BCUT2D eigenvalue weighted by Crippen LogP contribution is -2.41. The van der Waals surface area contributed by atoms with Gasteiger partial charge in [0.15, 0.2) is 5.58 Å². The van der Waals surface area contributed by atoms with Crippen LogP contribution in [0.2, 0.25) is 0 Å². The van der Waals surface area contributed by atoms with E-state index in [1.807, 2.05) is 11.0 Å². The Bertz CT molecular complexity index is 993. The van der Waals surface area contributed by atoms with Crippen LogP contribution in [0, 0.1) is 12.8 Å². The Morgan fingerprint density at radius 3 is 2.72 bits per heavy atom. The molecule has 1 atom stereocenters. The summed E-state index contributed by atoms with van der Waals surface area (Å²) in [5, 5.41) is 5.57. The van der Waals surface area contributed by atoms with E-state index in [0.29, 0.717) is 11.8 Å². The van der Waals surface area contributed by atoms with Crippen molar-refractivity contribution in [2.45, 2.75) is 58.8 Å². The lowest BCUT2D eigenvalue weighted by atomic mass is 9.91. The van der Waals surface area contributed by atoms with Crippen molar-refractivity contribution in [2.75, 3.05) is 32.7 Å². The first kappa shape index (κ1) is 22.8. The number of benzene rings is 1. The number of nitrogens with zero attached hydrogens (tertiary/aromatic N) is 3. The Labute approximate surface area is 192 Å². The second-order valence-corrected chi connectivity index (χ2v) is 9.80. The lowest BCUT2D eigenvalue weighted by Gasteiger charge is -2.34. The van der Waals surface area contributed by atoms with Crippen molar-refractivity contribution in [3.05, 3.63) is 53.3 Å². The molecule has 0 saturated carbocycles. The molecule has 0 aliphatic carbocycles. The number of aryl methyl sites for hydroxylation is 1. The Kier molecular flexibility index (Phi) is 7.14. The standard InChI is InChI=1S/C27H37N3O2/c1-5-21-7-6-13-30(18-21)27(31)23(19(2)3)12-16-29-14-10-22(11-15-29)26-24-9-8-20(4)17-25(24)32-28-26/h5,8-9,17,21-22H,1,6-7,10-16,18H2,2-4H3. The Hall–Kier alpha value is -2.40. The second-order valence-electron chi connectivity index (χ2n) is 9.80. The van der Waals surface area contributed by atoms with Gasteiger partial charge >= 0.3 is 0 Å². The van der Waals surface area contributed by atoms with Crippen molar-refractivity contribution in [1.82, 2.24) is 15.0 Å². The van der Waals surface area contributed by atoms with Gasteiger partial charge in [-0.3, -0.25) is 4.79 Å². The predicted molar refractivity (Wildman–Crippen MR) is 130 cm³/mol. The van der Waals surface area contributed by atoms with Gasteiger partial charge in [0.25, 0.3) is 0 Å². The molecular formula is C27H37N3O2. The average molecular weight is 436 g/mol. The number of piperidine rings is 2. The summed E-state index contributed by atoms with van der Waals surface area (Å²) >= 11 is 0. The summed E-state index contributed by atoms with van der Waals surface area (Å²) in [5.74, 6) is 1.11. The highest BCUT2D eigenvalue weighted by Gasteiger charge is 2.27. The zero-order chi connectivity index (χ0) is 22.7. The molecule has 2 saturated heterocycles. The number of aromatic nitrogens is 1. The molecule has 1 amide bonds. The maximum atomic E-state index is 13.2. The van der Waals surface area contributed by atoms with E-state index in [1.165, 1.54) is 5.56 Å². The molecule has 32 heavy (non-hydrogen) atoms. The number of likely N-dealkylation sites (tertiary alicyclic amines) is 2. The number of allylic oxidation sites excluding steroid dienone is 1. The Balaban J connectivity index is 1.32. The minimum Gasteiger partial charge on any atom is -0.356 e. The largest absolute Gasteiger partial charge is 0.356 e. The van der Waals surface area contributed by atoms with Gasteiger partial charge in [-0.1, -0.05) is 22.9 Å². The summed E-state index contributed by atoms with van der Waals surface area (Å²) in [6.45, 7) is 14.9. The number of rotatable bonds is 6. The van der Waals surface area contributed by atoms with Crippen LogP contribution < -0.4 is 0 Å². The van der Waals surface area contributed by atoms with Gasteiger partial charge in [0.05, 0.1) is 5.69 Å². The van der Waals surface area contributed by atoms with E-state index in [1.54, 1.807) is 0 Å². The third-order valence-electron chi connectivity index (χ3n) is 7.25. The third kappa shape index (κ3) is 4.98.